The van der Waals surface area contributed by atoms with Gasteiger partial charge >= 0.3 is 0 Å². The Balaban J connectivity index is 2.09. The monoisotopic (exact) mass is 193 g/mol. The molecule has 0 aromatic carbocycles. The van der Waals surface area contributed by atoms with Gasteiger partial charge in [0.1, 0.15) is 5.69 Å². The summed E-state index contributed by atoms with van der Waals surface area (Å²) in [4.78, 5) is 13.8. The molecule has 0 radical (unpaired) electrons. The summed E-state index contributed by atoms with van der Waals surface area (Å²) in [5.74, 6) is 0.127. The summed E-state index contributed by atoms with van der Waals surface area (Å²) >= 11 is 0. The van der Waals surface area contributed by atoms with Crippen LogP contribution in [-0.4, -0.2) is 33.7 Å². The van der Waals surface area contributed by atoms with Crippen molar-refractivity contribution in [3.8, 4) is 0 Å². The van der Waals surface area contributed by atoms with Crippen molar-refractivity contribution in [2.45, 2.75) is 26.3 Å². The molecule has 1 aliphatic rings. The van der Waals surface area contributed by atoms with E-state index in [1.807, 2.05) is 4.90 Å². The zero-order valence-corrected chi connectivity index (χ0v) is 8.44. The number of carbonyl (C=O) groups is 1. The van der Waals surface area contributed by atoms with E-state index in [2.05, 4.69) is 12.0 Å². The molecule has 0 saturated carbocycles. The maximum atomic E-state index is 11.8. The third-order valence-electron chi connectivity index (χ3n) is 2.59. The van der Waals surface area contributed by atoms with Crippen LogP contribution in [0.3, 0.4) is 0 Å². The van der Waals surface area contributed by atoms with E-state index in [0.29, 0.717) is 0 Å². The van der Waals surface area contributed by atoms with Crippen molar-refractivity contribution >= 4 is 5.91 Å². The first kappa shape index (κ1) is 9.24. The Morgan fingerprint density at radius 2 is 2.36 bits per heavy atom. The average Bonchev–Trinajstić information content (AvgIpc) is 2.66. The molecule has 1 aliphatic heterocycles. The number of amides is 1. The van der Waals surface area contributed by atoms with E-state index in [1.54, 1.807) is 16.9 Å². The summed E-state index contributed by atoms with van der Waals surface area (Å²) < 4.78 is 1.78. The largest absolute Gasteiger partial charge is 0.335 e. The van der Waals surface area contributed by atoms with Crippen molar-refractivity contribution in [3.63, 3.8) is 0 Å². The molecule has 0 saturated heterocycles. The van der Waals surface area contributed by atoms with E-state index in [-0.39, 0.29) is 5.91 Å². The second kappa shape index (κ2) is 3.82. The predicted molar refractivity (Wildman–Crippen MR) is 53.0 cm³/mol. The van der Waals surface area contributed by atoms with E-state index in [9.17, 15) is 4.79 Å². The summed E-state index contributed by atoms with van der Waals surface area (Å²) in [6.45, 7) is 4.64. The number of hydrogen-bond donors (Lipinski definition) is 0. The van der Waals surface area contributed by atoms with Gasteiger partial charge in [0.25, 0.3) is 5.91 Å². The topological polar surface area (TPSA) is 38.1 Å². The zero-order chi connectivity index (χ0) is 9.97. The number of fused-ring (bicyclic) bond motifs is 1. The summed E-state index contributed by atoms with van der Waals surface area (Å²) in [5, 5.41) is 4.09. The molecule has 4 heteroatoms. The number of rotatable bonds is 3. The summed E-state index contributed by atoms with van der Waals surface area (Å²) in [6.07, 6.45) is 3.90. The molecule has 0 fully saturated rings. The Kier molecular flexibility index (Phi) is 2.52. The Bertz CT molecular complexity index is 332. The van der Waals surface area contributed by atoms with Crippen molar-refractivity contribution in [3.05, 3.63) is 18.0 Å². The van der Waals surface area contributed by atoms with Crippen LogP contribution >= 0.6 is 0 Å². The molecule has 1 amide bonds. The Labute approximate surface area is 83.5 Å². The van der Waals surface area contributed by atoms with Gasteiger partial charge in [-0.3, -0.25) is 9.48 Å². The number of carbonyl (C=O) groups excluding carboxylic acids is 1. The van der Waals surface area contributed by atoms with Crippen molar-refractivity contribution in [2.75, 3.05) is 13.1 Å². The molecule has 76 valence electrons. The molecular weight excluding hydrogens is 178 g/mol. The van der Waals surface area contributed by atoms with Crippen LogP contribution in [0.2, 0.25) is 0 Å². The van der Waals surface area contributed by atoms with Crippen molar-refractivity contribution in [2.24, 2.45) is 0 Å². The minimum atomic E-state index is 0.127. The Morgan fingerprint density at radius 3 is 3.14 bits per heavy atom. The van der Waals surface area contributed by atoms with E-state index in [0.717, 1.165) is 38.2 Å². The van der Waals surface area contributed by atoms with Gasteiger partial charge in [-0.25, -0.2) is 0 Å². The van der Waals surface area contributed by atoms with Crippen molar-refractivity contribution in [1.29, 1.82) is 0 Å². The number of nitrogens with zero attached hydrogens (tertiary/aromatic N) is 3. The van der Waals surface area contributed by atoms with Gasteiger partial charge in [0, 0.05) is 19.3 Å². The van der Waals surface area contributed by atoms with Crippen LogP contribution in [-0.2, 0) is 6.54 Å². The van der Waals surface area contributed by atoms with Crippen molar-refractivity contribution in [1.82, 2.24) is 14.7 Å². The Morgan fingerprint density at radius 1 is 1.50 bits per heavy atom. The van der Waals surface area contributed by atoms with Gasteiger partial charge in [-0.05, 0) is 12.5 Å². The maximum Gasteiger partial charge on any atom is 0.272 e. The highest BCUT2D eigenvalue weighted by Crippen LogP contribution is 2.11. The fourth-order valence-electron chi connectivity index (χ4n) is 1.73. The van der Waals surface area contributed by atoms with E-state index in [1.165, 1.54) is 0 Å². The third-order valence-corrected chi connectivity index (χ3v) is 2.59. The van der Waals surface area contributed by atoms with Crippen molar-refractivity contribution < 1.29 is 4.79 Å². The summed E-state index contributed by atoms with van der Waals surface area (Å²) in [5.41, 5.74) is 0.729. The molecule has 0 aliphatic carbocycles. The minimum absolute atomic E-state index is 0.127. The van der Waals surface area contributed by atoms with E-state index in [4.69, 9.17) is 0 Å². The molecule has 0 spiro atoms. The quantitative estimate of drug-likeness (QED) is 0.722. The lowest BCUT2D eigenvalue weighted by molar-refractivity contribution is 0.0695. The first-order valence-corrected chi connectivity index (χ1v) is 5.14. The van der Waals surface area contributed by atoms with Crippen LogP contribution in [0.1, 0.15) is 30.3 Å². The van der Waals surface area contributed by atoms with Gasteiger partial charge in [-0.2, -0.15) is 5.10 Å². The smallest absolute Gasteiger partial charge is 0.272 e. The average molecular weight is 193 g/mol. The highest BCUT2D eigenvalue weighted by molar-refractivity contribution is 5.93. The van der Waals surface area contributed by atoms with Crippen LogP contribution in [0.15, 0.2) is 12.3 Å². The molecule has 0 bridgehead atoms. The van der Waals surface area contributed by atoms with Gasteiger partial charge in [0.2, 0.25) is 0 Å². The first-order valence-electron chi connectivity index (χ1n) is 5.14. The summed E-state index contributed by atoms with van der Waals surface area (Å²) in [6, 6.07) is 1.79. The highest BCUT2D eigenvalue weighted by Gasteiger charge is 2.23. The van der Waals surface area contributed by atoms with Gasteiger partial charge < -0.3 is 4.90 Å². The fourth-order valence-corrected chi connectivity index (χ4v) is 1.73. The Hall–Kier alpha value is -1.32. The van der Waals surface area contributed by atoms with Gasteiger partial charge in [0.05, 0.1) is 6.54 Å². The van der Waals surface area contributed by atoms with Crippen LogP contribution in [0.25, 0.3) is 0 Å². The lowest BCUT2D eigenvalue weighted by atomic mass is 10.2. The first-order chi connectivity index (χ1) is 6.83. The molecular formula is C10H15N3O. The second-order valence-electron chi connectivity index (χ2n) is 3.59. The second-order valence-corrected chi connectivity index (χ2v) is 3.59. The molecule has 4 nitrogen and oxygen atoms in total. The molecule has 2 rings (SSSR count). The SMILES string of the molecule is CCCCN1CCn2nccc2C1=O. The molecule has 0 N–H and O–H groups in total. The van der Waals surface area contributed by atoms with Crippen LogP contribution < -0.4 is 0 Å². The molecule has 0 atom stereocenters. The minimum Gasteiger partial charge on any atom is -0.335 e. The number of aromatic nitrogens is 2. The molecule has 14 heavy (non-hydrogen) atoms. The fraction of sp³-hybridized carbons (Fsp3) is 0.600. The van der Waals surface area contributed by atoms with Crippen LogP contribution in [0.5, 0.6) is 0 Å². The van der Waals surface area contributed by atoms with E-state index >= 15 is 0 Å². The molecule has 1 aromatic rings. The zero-order valence-electron chi connectivity index (χ0n) is 8.44. The standard InChI is InChI=1S/C10H15N3O/c1-2-3-6-12-7-8-13-9(10(12)14)4-5-11-13/h4-5H,2-3,6-8H2,1H3. The maximum absolute atomic E-state index is 11.8. The third kappa shape index (κ3) is 1.52. The molecule has 1 aromatic heterocycles. The normalized spacial score (nSPS) is 15.8. The number of unbranched alkanes of at least 4 members (excludes halogenated alkanes) is 1. The highest BCUT2D eigenvalue weighted by atomic mass is 16.2. The molecule has 2 heterocycles. The molecule has 0 unspecified atom stereocenters. The predicted octanol–water partition coefficient (Wildman–Crippen LogP) is 1.14. The van der Waals surface area contributed by atoms with Gasteiger partial charge in [-0.1, -0.05) is 13.3 Å². The van der Waals surface area contributed by atoms with E-state index < -0.39 is 0 Å². The lowest BCUT2D eigenvalue weighted by Crippen LogP contribution is -2.40. The van der Waals surface area contributed by atoms with Gasteiger partial charge in [0.15, 0.2) is 0 Å². The van der Waals surface area contributed by atoms with Crippen LogP contribution in [0.4, 0.5) is 0 Å². The van der Waals surface area contributed by atoms with Crippen LogP contribution in [0, 0.1) is 0 Å². The van der Waals surface area contributed by atoms with Gasteiger partial charge in [-0.15, -0.1) is 0 Å². The summed E-state index contributed by atoms with van der Waals surface area (Å²) in [7, 11) is 0. The number of hydrogen-bond acceptors (Lipinski definition) is 2. The lowest BCUT2D eigenvalue weighted by Gasteiger charge is -2.27.